The van der Waals surface area contributed by atoms with Crippen LogP contribution in [0.5, 0.6) is 5.75 Å². The molecule has 2 heterocycles. The molecule has 0 spiro atoms. The van der Waals surface area contributed by atoms with E-state index >= 15 is 0 Å². The third-order valence-corrected chi connectivity index (χ3v) is 5.34. The molecule has 0 aliphatic carbocycles. The Hall–Kier alpha value is -2.22. The van der Waals surface area contributed by atoms with Gasteiger partial charge in [0.05, 0.1) is 16.6 Å². The number of carboxylic acid groups (broad SMARTS) is 1. The molecule has 0 radical (unpaired) electrons. The normalized spacial score (nSPS) is 15.1. The van der Waals surface area contributed by atoms with E-state index in [1.54, 1.807) is 30.5 Å². The monoisotopic (exact) mass is 411 g/mol. The minimum absolute atomic E-state index is 0.265. The van der Waals surface area contributed by atoms with Crippen molar-refractivity contribution in [1.82, 2.24) is 14.4 Å². The van der Waals surface area contributed by atoms with Gasteiger partial charge in [0.15, 0.2) is 5.75 Å². The fraction of sp³-hybridized carbons (Fsp3) is 0.333. The van der Waals surface area contributed by atoms with Crippen molar-refractivity contribution in [2.75, 3.05) is 26.2 Å². The molecule has 9 heteroatoms. The van der Waals surface area contributed by atoms with Crippen molar-refractivity contribution < 1.29 is 15.0 Å². The predicted octanol–water partition coefficient (Wildman–Crippen LogP) is 2.70. The average Bonchev–Trinajstić information content (AvgIpc) is 2.65. The van der Waals surface area contributed by atoms with Crippen molar-refractivity contribution in [3.63, 3.8) is 0 Å². The lowest BCUT2D eigenvalue weighted by atomic mass is 10.2. The molecule has 2 aromatic rings. The molecule has 27 heavy (non-hydrogen) atoms. The molecule has 1 aliphatic heterocycles. The van der Waals surface area contributed by atoms with E-state index in [4.69, 9.17) is 28.3 Å². The minimum atomic E-state index is -0.928. The van der Waals surface area contributed by atoms with Crippen LogP contribution in [0.25, 0.3) is 0 Å². The number of rotatable bonds is 4. The number of hydrogen-bond donors (Lipinski definition) is 2. The summed E-state index contributed by atoms with van der Waals surface area (Å²) in [6, 6.07) is 6.82. The molecule has 1 amide bonds. The molecular formula is C18H19Cl2N3O4. The molecule has 0 unspecified atom stereocenters. The van der Waals surface area contributed by atoms with Crippen LogP contribution in [0.15, 0.2) is 35.3 Å². The van der Waals surface area contributed by atoms with Crippen molar-refractivity contribution in [3.05, 3.63) is 62.0 Å². The van der Waals surface area contributed by atoms with Crippen molar-refractivity contribution in [2.24, 2.45) is 0 Å². The van der Waals surface area contributed by atoms with Gasteiger partial charge in [0.25, 0.3) is 5.56 Å². The number of aromatic hydroxyl groups is 1. The molecule has 1 fully saturated rings. The lowest BCUT2D eigenvalue weighted by Crippen LogP contribution is -2.47. The number of halogens is 2. The number of amides is 1. The van der Waals surface area contributed by atoms with Gasteiger partial charge in [0.2, 0.25) is 0 Å². The maximum atomic E-state index is 12.5. The quantitative estimate of drug-likeness (QED) is 0.807. The second-order valence-electron chi connectivity index (χ2n) is 6.42. The molecule has 7 nitrogen and oxygen atoms in total. The van der Waals surface area contributed by atoms with Crippen molar-refractivity contribution >= 4 is 29.3 Å². The van der Waals surface area contributed by atoms with Gasteiger partial charge in [0, 0.05) is 44.5 Å². The van der Waals surface area contributed by atoms with E-state index in [1.165, 1.54) is 9.47 Å². The fourth-order valence-corrected chi connectivity index (χ4v) is 3.35. The minimum Gasteiger partial charge on any atom is -0.503 e. The summed E-state index contributed by atoms with van der Waals surface area (Å²) in [6.07, 6.45) is 0.704. The van der Waals surface area contributed by atoms with E-state index in [0.717, 1.165) is 5.56 Å². The first-order valence-electron chi connectivity index (χ1n) is 8.40. The molecule has 2 N–H and O–H groups in total. The summed E-state index contributed by atoms with van der Waals surface area (Å²) in [4.78, 5) is 26.8. The van der Waals surface area contributed by atoms with Gasteiger partial charge in [0.1, 0.15) is 0 Å². The zero-order valence-electron chi connectivity index (χ0n) is 14.4. The number of benzene rings is 1. The van der Waals surface area contributed by atoms with Crippen LogP contribution in [-0.2, 0) is 13.1 Å². The third kappa shape index (κ3) is 4.55. The van der Waals surface area contributed by atoms with Crippen LogP contribution in [0.1, 0.15) is 11.1 Å². The Morgan fingerprint density at radius 3 is 2.37 bits per heavy atom. The van der Waals surface area contributed by atoms with Crippen molar-refractivity contribution in [1.29, 1.82) is 0 Å². The van der Waals surface area contributed by atoms with Gasteiger partial charge >= 0.3 is 6.09 Å². The molecule has 0 saturated carbocycles. The molecule has 1 aliphatic rings. The maximum absolute atomic E-state index is 12.5. The van der Waals surface area contributed by atoms with Gasteiger partial charge in [-0.3, -0.25) is 9.69 Å². The van der Waals surface area contributed by atoms with E-state index in [-0.39, 0.29) is 12.3 Å². The first-order valence-corrected chi connectivity index (χ1v) is 9.16. The maximum Gasteiger partial charge on any atom is 0.407 e. The molecule has 144 valence electrons. The number of nitrogens with zero attached hydrogens (tertiary/aromatic N) is 3. The summed E-state index contributed by atoms with van der Waals surface area (Å²) >= 11 is 11.9. The smallest absolute Gasteiger partial charge is 0.407 e. The van der Waals surface area contributed by atoms with E-state index < -0.39 is 11.7 Å². The molecule has 0 atom stereocenters. The molecular weight excluding hydrogens is 393 g/mol. The van der Waals surface area contributed by atoms with Gasteiger partial charge in [-0.25, -0.2) is 4.79 Å². The highest BCUT2D eigenvalue weighted by Gasteiger charge is 2.21. The fourth-order valence-electron chi connectivity index (χ4n) is 3.02. The van der Waals surface area contributed by atoms with Crippen LogP contribution < -0.4 is 5.56 Å². The Labute approximate surface area is 166 Å². The van der Waals surface area contributed by atoms with Crippen molar-refractivity contribution in [2.45, 2.75) is 13.1 Å². The van der Waals surface area contributed by atoms with Crippen LogP contribution in [0, 0.1) is 0 Å². The SMILES string of the molecule is O=C(O)N1CCN(Cc2ccn(Cc3ccc(Cl)c(Cl)c3)c(=O)c2O)CC1. The van der Waals surface area contributed by atoms with E-state index in [1.807, 2.05) is 4.90 Å². The largest absolute Gasteiger partial charge is 0.503 e. The number of aromatic nitrogens is 1. The molecule has 0 bridgehead atoms. The number of piperazine rings is 1. The Morgan fingerprint density at radius 2 is 1.74 bits per heavy atom. The summed E-state index contributed by atoms with van der Waals surface area (Å²) in [5.74, 6) is -0.293. The molecule has 1 aromatic carbocycles. The first kappa shape index (κ1) is 19.5. The molecule has 3 rings (SSSR count). The summed E-state index contributed by atoms with van der Waals surface area (Å²) in [7, 11) is 0. The van der Waals surface area contributed by atoms with Gasteiger partial charge in [-0.2, -0.15) is 0 Å². The van der Waals surface area contributed by atoms with Crippen LogP contribution >= 0.6 is 23.2 Å². The van der Waals surface area contributed by atoms with Gasteiger partial charge < -0.3 is 19.7 Å². The second-order valence-corrected chi connectivity index (χ2v) is 7.23. The van der Waals surface area contributed by atoms with E-state index in [9.17, 15) is 14.7 Å². The Morgan fingerprint density at radius 1 is 1.04 bits per heavy atom. The van der Waals surface area contributed by atoms with Crippen LogP contribution in [0.2, 0.25) is 10.0 Å². The number of hydrogen-bond acceptors (Lipinski definition) is 4. The highest BCUT2D eigenvalue weighted by Crippen LogP contribution is 2.23. The Kier molecular flexibility index (Phi) is 5.94. The predicted molar refractivity (Wildman–Crippen MR) is 103 cm³/mol. The van der Waals surface area contributed by atoms with Crippen molar-refractivity contribution in [3.8, 4) is 5.75 Å². The second kappa shape index (κ2) is 8.21. The first-order chi connectivity index (χ1) is 12.8. The zero-order chi connectivity index (χ0) is 19.6. The number of carbonyl (C=O) groups is 1. The van der Waals surface area contributed by atoms with E-state index in [0.29, 0.717) is 48.3 Å². The lowest BCUT2D eigenvalue weighted by Gasteiger charge is -2.33. The average molecular weight is 412 g/mol. The summed E-state index contributed by atoms with van der Waals surface area (Å²) in [5, 5.41) is 20.1. The highest BCUT2D eigenvalue weighted by molar-refractivity contribution is 6.42. The van der Waals surface area contributed by atoms with Gasteiger partial charge in [-0.15, -0.1) is 0 Å². The highest BCUT2D eigenvalue weighted by atomic mass is 35.5. The summed E-state index contributed by atoms with van der Waals surface area (Å²) in [5.41, 5.74) is 0.834. The molecule has 1 aromatic heterocycles. The zero-order valence-corrected chi connectivity index (χ0v) is 15.9. The lowest BCUT2D eigenvalue weighted by molar-refractivity contribution is 0.102. The summed E-state index contributed by atoms with van der Waals surface area (Å²) in [6.45, 7) is 2.58. The van der Waals surface area contributed by atoms with Crippen LogP contribution in [0.3, 0.4) is 0 Å². The molecule has 1 saturated heterocycles. The van der Waals surface area contributed by atoms with Crippen LogP contribution in [0.4, 0.5) is 4.79 Å². The Balaban J connectivity index is 1.71. The topological polar surface area (TPSA) is 86.0 Å². The standard InChI is InChI=1S/C18H19Cl2N3O4/c19-14-2-1-12(9-15(14)20)10-23-4-3-13(16(24)17(23)25)11-21-5-7-22(8-6-21)18(26)27/h1-4,9,24H,5-8,10-11H2,(H,26,27). The third-order valence-electron chi connectivity index (χ3n) is 4.60. The summed E-state index contributed by atoms with van der Waals surface area (Å²) < 4.78 is 1.40. The van der Waals surface area contributed by atoms with E-state index in [2.05, 4.69) is 0 Å². The number of pyridine rings is 1. The van der Waals surface area contributed by atoms with Gasteiger partial charge in [-0.05, 0) is 23.8 Å². The van der Waals surface area contributed by atoms with Crippen LogP contribution in [-0.4, -0.2) is 56.9 Å². The Bertz CT molecular complexity index is 908. The van der Waals surface area contributed by atoms with Gasteiger partial charge in [-0.1, -0.05) is 29.3 Å².